The number of benzene rings is 3. The van der Waals surface area contributed by atoms with Gasteiger partial charge < -0.3 is 10.1 Å². The van der Waals surface area contributed by atoms with E-state index in [1.165, 1.54) is 5.56 Å². The predicted octanol–water partition coefficient (Wildman–Crippen LogP) is 4.65. The summed E-state index contributed by atoms with van der Waals surface area (Å²) < 4.78 is 33.6. The number of sulfonamides is 1. The number of hydrogen-bond donors (Lipinski definition) is 1. The van der Waals surface area contributed by atoms with Gasteiger partial charge in [0.15, 0.2) is 0 Å². The third-order valence-corrected chi connectivity index (χ3v) is 7.16. The first-order chi connectivity index (χ1) is 16.3. The minimum Gasteiger partial charge on any atom is -0.492 e. The first-order valence-electron chi connectivity index (χ1n) is 11.4. The van der Waals surface area contributed by atoms with Gasteiger partial charge in [0, 0.05) is 0 Å². The molecule has 0 saturated carbocycles. The van der Waals surface area contributed by atoms with Crippen LogP contribution in [0, 0.1) is 13.8 Å². The molecule has 0 aliphatic carbocycles. The van der Waals surface area contributed by atoms with Gasteiger partial charge in [-0.1, -0.05) is 60.9 Å². The fourth-order valence-corrected chi connectivity index (χ4v) is 4.87. The molecule has 0 atom stereocenters. The lowest BCUT2D eigenvalue weighted by Crippen LogP contribution is -2.41. The van der Waals surface area contributed by atoms with Crippen molar-refractivity contribution in [1.82, 2.24) is 5.32 Å². The SMILES string of the molecule is CCCc1ccc(OCCNC(=O)CN(c2ccc(C)cc2)S(=O)(=O)c2ccc(C)cc2)cc1. The zero-order valence-corrected chi connectivity index (χ0v) is 20.8. The van der Waals surface area contributed by atoms with Crippen molar-refractivity contribution in [3.8, 4) is 5.75 Å². The highest BCUT2D eigenvalue weighted by molar-refractivity contribution is 7.92. The number of nitrogens with zero attached hydrogens (tertiary/aromatic N) is 1. The maximum absolute atomic E-state index is 13.4. The number of carbonyl (C=O) groups is 1. The lowest BCUT2D eigenvalue weighted by Gasteiger charge is -2.24. The number of ether oxygens (including phenoxy) is 1. The second-order valence-electron chi connectivity index (χ2n) is 8.25. The van der Waals surface area contributed by atoms with Crippen molar-refractivity contribution in [3.63, 3.8) is 0 Å². The summed E-state index contributed by atoms with van der Waals surface area (Å²) in [6.07, 6.45) is 2.12. The van der Waals surface area contributed by atoms with E-state index in [9.17, 15) is 13.2 Å². The van der Waals surface area contributed by atoms with Crippen LogP contribution in [0.2, 0.25) is 0 Å². The van der Waals surface area contributed by atoms with Crippen molar-refractivity contribution < 1.29 is 17.9 Å². The van der Waals surface area contributed by atoms with Crippen LogP contribution in [-0.4, -0.2) is 34.0 Å². The standard InChI is InChI=1S/C27H32N2O4S/c1-4-5-23-10-14-25(15-11-23)33-19-18-28-27(30)20-29(24-12-6-21(2)7-13-24)34(31,32)26-16-8-22(3)9-17-26/h6-17H,4-5,18-20H2,1-3H3,(H,28,30). The second-order valence-corrected chi connectivity index (χ2v) is 10.1. The van der Waals surface area contributed by atoms with Crippen molar-refractivity contribution >= 4 is 21.6 Å². The quantitative estimate of drug-likeness (QED) is 0.406. The molecular weight excluding hydrogens is 448 g/mol. The van der Waals surface area contributed by atoms with E-state index in [0.717, 1.165) is 34.0 Å². The van der Waals surface area contributed by atoms with E-state index in [-0.39, 0.29) is 24.6 Å². The number of aryl methyl sites for hydroxylation is 3. The van der Waals surface area contributed by atoms with Crippen LogP contribution in [0.1, 0.15) is 30.0 Å². The largest absolute Gasteiger partial charge is 0.492 e. The van der Waals surface area contributed by atoms with Crippen LogP contribution in [0.3, 0.4) is 0 Å². The van der Waals surface area contributed by atoms with Crippen LogP contribution in [0.5, 0.6) is 5.75 Å². The number of hydrogen-bond acceptors (Lipinski definition) is 4. The summed E-state index contributed by atoms with van der Waals surface area (Å²) >= 11 is 0. The van der Waals surface area contributed by atoms with Crippen molar-refractivity contribution in [2.24, 2.45) is 0 Å². The van der Waals surface area contributed by atoms with Gasteiger partial charge in [0.05, 0.1) is 17.1 Å². The van der Waals surface area contributed by atoms with Crippen LogP contribution in [0.25, 0.3) is 0 Å². The molecule has 34 heavy (non-hydrogen) atoms. The molecule has 6 nitrogen and oxygen atoms in total. The molecular formula is C27H32N2O4S. The number of carbonyl (C=O) groups excluding carboxylic acids is 1. The molecule has 0 fully saturated rings. The fourth-order valence-electron chi connectivity index (χ4n) is 3.45. The molecule has 3 rings (SSSR count). The summed E-state index contributed by atoms with van der Waals surface area (Å²) in [5.74, 6) is 0.329. The van der Waals surface area contributed by atoms with E-state index in [1.807, 2.05) is 50.2 Å². The van der Waals surface area contributed by atoms with E-state index in [1.54, 1.807) is 36.4 Å². The Kier molecular flexibility index (Phi) is 8.71. The molecule has 3 aromatic carbocycles. The fraction of sp³-hybridized carbons (Fsp3) is 0.296. The van der Waals surface area contributed by atoms with Gasteiger partial charge >= 0.3 is 0 Å². The number of anilines is 1. The normalized spacial score (nSPS) is 11.1. The van der Waals surface area contributed by atoms with Gasteiger partial charge in [-0.3, -0.25) is 9.10 Å². The molecule has 180 valence electrons. The Labute approximate surface area is 202 Å². The first-order valence-corrected chi connectivity index (χ1v) is 12.9. The zero-order chi connectivity index (χ0) is 24.6. The summed E-state index contributed by atoms with van der Waals surface area (Å²) in [4.78, 5) is 12.8. The van der Waals surface area contributed by atoms with Crippen molar-refractivity contribution in [2.75, 3.05) is 24.0 Å². The Morgan fingerprint density at radius 2 is 1.47 bits per heavy atom. The van der Waals surface area contributed by atoms with Gasteiger partial charge in [-0.25, -0.2) is 8.42 Å². The summed E-state index contributed by atoms with van der Waals surface area (Å²) in [7, 11) is -3.92. The zero-order valence-electron chi connectivity index (χ0n) is 20.0. The monoisotopic (exact) mass is 480 g/mol. The summed E-state index contributed by atoms with van der Waals surface area (Å²) in [5.41, 5.74) is 3.65. The third kappa shape index (κ3) is 6.84. The van der Waals surface area contributed by atoms with Crippen molar-refractivity contribution in [3.05, 3.63) is 89.5 Å². The highest BCUT2D eigenvalue weighted by atomic mass is 32.2. The molecule has 3 aromatic rings. The second kappa shape index (κ2) is 11.7. The predicted molar refractivity (Wildman–Crippen MR) is 136 cm³/mol. The van der Waals surface area contributed by atoms with Gasteiger partial charge in [0.25, 0.3) is 10.0 Å². The van der Waals surface area contributed by atoms with E-state index < -0.39 is 15.9 Å². The number of nitrogens with one attached hydrogen (secondary N) is 1. The first kappa shape index (κ1) is 25.3. The molecule has 0 bridgehead atoms. The molecule has 1 N–H and O–H groups in total. The van der Waals surface area contributed by atoms with Gasteiger partial charge in [-0.2, -0.15) is 0 Å². The molecule has 0 aromatic heterocycles. The molecule has 0 aliphatic rings. The highest BCUT2D eigenvalue weighted by Crippen LogP contribution is 2.24. The third-order valence-electron chi connectivity index (χ3n) is 5.37. The molecule has 0 aliphatic heterocycles. The Hall–Kier alpha value is -3.32. The number of amides is 1. The lowest BCUT2D eigenvalue weighted by molar-refractivity contribution is -0.119. The van der Waals surface area contributed by atoms with E-state index in [2.05, 4.69) is 12.2 Å². The van der Waals surface area contributed by atoms with Gasteiger partial charge in [-0.15, -0.1) is 0 Å². The molecule has 0 radical (unpaired) electrons. The van der Waals surface area contributed by atoms with E-state index >= 15 is 0 Å². The van der Waals surface area contributed by atoms with E-state index in [0.29, 0.717) is 5.69 Å². The minimum atomic E-state index is -3.92. The van der Waals surface area contributed by atoms with Gasteiger partial charge in [0.1, 0.15) is 18.9 Å². The van der Waals surface area contributed by atoms with Crippen molar-refractivity contribution in [2.45, 2.75) is 38.5 Å². The molecule has 1 amide bonds. The topological polar surface area (TPSA) is 75.7 Å². The van der Waals surface area contributed by atoms with Gasteiger partial charge in [0.2, 0.25) is 5.91 Å². The van der Waals surface area contributed by atoms with Crippen LogP contribution in [-0.2, 0) is 21.2 Å². The van der Waals surface area contributed by atoms with E-state index in [4.69, 9.17) is 4.74 Å². The molecule has 7 heteroatoms. The van der Waals surface area contributed by atoms with Crippen LogP contribution in [0.4, 0.5) is 5.69 Å². The van der Waals surface area contributed by atoms with Crippen LogP contribution < -0.4 is 14.4 Å². The minimum absolute atomic E-state index is 0.140. The van der Waals surface area contributed by atoms with Gasteiger partial charge in [-0.05, 0) is 62.2 Å². The van der Waals surface area contributed by atoms with Crippen molar-refractivity contribution in [1.29, 1.82) is 0 Å². The maximum Gasteiger partial charge on any atom is 0.264 e. The highest BCUT2D eigenvalue weighted by Gasteiger charge is 2.27. The average molecular weight is 481 g/mol. The van der Waals surface area contributed by atoms with Crippen LogP contribution in [0.15, 0.2) is 77.7 Å². The Balaban J connectivity index is 1.64. The molecule has 0 unspecified atom stereocenters. The average Bonchev–Trinajstić information content (AvgIpc) is 2.82. The smallest absolute Gasteiger partial charge is 0.264 e. The Morgan fingerprint density at radius 3 is 2.06 bits per heavy atom. The number of rotatable bonds is 11. The Bertz CT molecular complexity index is 1170. The summed E-state index contributed by atoms with van der Waals surface area (Å²) in [6.45, 7) is 6.18. The summed E-state index contributed by atoms with van der Waals surface area (Å²) in [6, 6.07) is 21.6. The van der Waals surface area contributed by atoms with Crippen LogP contribution >= 0.6 is 0 Å². The molecule has 0 saturated heterocycles. The Morgan fingerprint density at radius 1 is 0.882 bits per heavy atom. The molecule has 0 spiro atoms. The maximum atomic E-state index is 13.4. The molecule has 0 heterocycles. The lowest BCUT2D eigenvalue weighted by atomic mass is 10.1. The summed E-state index contributed by atoms with van der Waals surface area (Å²) in [5, 5.41) is 2.76.